The Bertz CT molecular complexity index is 737. The standard InChI is InChI=1S/C28H43NO3/c1-28(2,3)23-9-13-26(14-10-23)32-25-11-7-20(8-12-25)22-5-4-6-24(19-22)29-17-15-21(16-18-29)27(30)31/h7-8,11-12,21-24,26H,4-6,9-10,13-19H2,1-3H3,(H,30,31)/t22?,23-,24?,26-. The van der Waals surface area contributed by atoms with E-state index in [0.29, 0.717) is 23.5 Å². The molecule has 3 fully saturated rings. The first-order valence-electron chi connectivity index (χ1n) is 13.0. The third-order valence-corrected chi connectivity index (χ3v) is 8.59. The maximum Gasteiger partial charge on any atom is 0.306 e. The van der Waals surface area contributed by atoms with Gasteiger partial charge in [-0.1, -0.05) is 39.3 Å². The van der Waals surface area contributed by atoms with Gasteiger partial charge in [-0.25, -0.2) is 0 Å². The number of rotatable bonds is 5. The minimum absolute atomic E-state index is 0.137. The summed E-state index contributed by atoms with van der Waals surface area (Å²) in [6.07, 6.45) is 11.9. The highest BCUT2D eigenvalue weighted by molar-refractivity contribution is 5.70. The molecule has 0 aromatic heterocycles. The Morgan fingerprint density at radius 3 is 2.19 bits per heavy atom. The molecule has 0 spiro atoms. The van der Waals surface area contributed by atoms with Crippen LogP contribution in [0, 0.1) is 17.3 Å². The Balaban J connectivity index is 1.27. The zero-order valence-electron chi connectivity index (χ0n) is 20.4. The van der Waals surface area contributed by atoms with Crippen LogP contribution in [0.5, 0.6) is 5.75 Å². The molecule has 4 rings (SSSR count). The lowest BCUT2D eigenvalue weighted by atomic mass is 9.72. The topological polar surface area (TPSA) is 49.8 Å². The number of hydrogen-bond acceptors (Lipinski definition) is 3. The van der Waals surface area contributed by atoms with Crippen molar-refractivity contribution in [2.75, 3.05) is 13.1 Å². The highest BCUT2D eigenvalue weighted by atomic mass is 16.5. The fourth-order valence-corrected chi connectivity index (χ4v) is 6.37. The van der Waals surface area contributed by atoms with Gasteiger partial charge in [0, 0.05) is 6.04 Å². The first-order chi connectivity index (χ1) is 15.3. The summed E-state index contributed by atoms with van der Waals surface area (Å²) in [6, 6.07) is 9.57. The molecule has 1 N–H and O–H groups in total. The Hall–Kier alpha value is -1.55. The third kappa shape index (κ3) is 5.87. The summed E-state index contributed by atoms with van der Waals surface area (Å²) in [7, 11) is 0. The number of piperidine rings is 1. The summed E-state index contributed by atoms with van der Waals surface area (Å²) in [5.74, 6) is 1.70. The van der Waals surface area contributed by atoms with Crippen molar-refractivity contribution in [3.8, 4) is 5.75 Å². The molecule has 0 bridgehead atoms. The van der Waals surface area contributed by atoms with Crippen LogP contribution in [0.3, 0.4) is 0 Å². The Morgan fingerprint density at radius 1 is 0.938 bits per heavy atom. The molecule has 1 saturated heterocycles. The number of carboxylic acids is 1. The quantitative estimate of drug-likeness (QED) is 0.567. The second-order valence-corrected chi connectivity index (χ2v) is 11.7. The van der Waals surface area contributed by atoms with Gasteiger partial charge in [0.2, 0.25) is 0 Å². The number of nitrogens with zero attached hydrogens (tertiary/aromatic N) is 1. The molecule has 32 heavy (non-hydrogen) atoms. The molecule has 178 valence electrons. The van der Waals surface area contributed by atoms with Crippen LogP contribution in [-0.4, -0.2) is 41.2 Å². The molecule has 4 heteroatoms. The number of likely N-dealkylation sites (tertiary alicyclic amines) is 1. The van der Waals surface area contributed by atoms with E-state index >= 15 is 0 Å². The predicted molar refractivity (Wildman–Crippen MR) is 129 cm³/mol. The second kappa shape index (κ2) is 10.2. The van der Waals surface area contributed by atoms with Gasteiger partial charge in [0.15, 0.2) is 0 Å². The molecular formula is C28H43NO3. The van der Waals surface area contributed by atoms with Crippen LogP contribution < -0.4 is 4.74 Å². The lowest BCUT2D eigenvalue weighted by molar-refractivity contribution is -0.143. The van der Waals surface area contributed by atoms with Crippen LogP contribution in [0.1, 0.15) is 96.5 Å². The molecular weight excluding hydrogens is 398 g/mol. The fourth-order valence-electron chi connectivity index (χ4n) is 6.37. The molecule has 1 aromatic rings. The van der Waals surface area contributed by atoms with Gasteiger partial charge in [0.25, 0.3) is 0 Å². The van der Waals surface area contributed by atoms with E-state index in [4.69, 9.17) is 4.74 Å². The van der Waals surface area contributed by atoms with E-state index in [9.17, 15) is 9.90 Å². The maximum atomic E-state index is 11.3. The van der Waals surface area contributed by atoms with Crippen molar-refractivity contribution in [2.45, 2.75) is 103 Å². The lowest BCUT2D eigenvalue weighted by Crippen LogP contribution is -2.44. The van der Waals surface area contributed by atoms with Gasteiger partial charge in [0.1, 0.15) is 5.75 Å². The van der Waals surface area contributed by atoms with Crippen LogP contribution in [0.4, 0.5) is 0 Å². The summed E-state index contributed by atoms with van der Waals surface area (Å²) in [5.41, 5.74) is 1.86. The summed E-state index contributed by atoms with van der Waals surface area (Å²) in [6.45, 7) is 8.99. The van der Waals surface area contributed by atoms with Crippen molar-refractivity contribution < 1.29 is 14.6 Å². The maximum absolute atomic E-state index is 11.3. The van der Waals surface area contributed by atoms with Crippen molar-refractivity contribution in [1.82, 2.24) is 4.90 Å². The van der Waals surface area contributed by atoms with Crippen LogP contribution >= 0.6 is 0 Å². The molecule has 0 amide bonds. The van der Waals surface area contributed by atoms with E-state index in [1.54, 1.807) is 0 Å². The first-order valence-corrected chi connectivity index (χ1v) is 13.0. The smallest absolute Gasteiger partial charge is 0.306 e. The van der Waals surface area contributed by atoms with Crippen molar-refractivity contribution in [3.05, 3.63) is 29.8 Å². The minimum Gasteiger partial charge on any atom is -0.490 e. The number of benzene rings is 1. The minimum atomic E-state index is -0.615. The number of hydrogen-bond donors (Lipinski definition) is 1. The third-order valence-electron chi connectivity index (χ3n) is 8.59. The fraction of sp³-hybridized carbons (Fsp3) is 0.750. The highest BCUT2D eigenvalue weighted by Gasteiger charge is 2.33. The van der Waals surface area contributed by atoms with Gasteiger partial charge in [-0.3, -0.25) is 4.79 Å². The van der Waals surface area contributed by atoms with Gasteiger partial charge in [-0.2, -0.15) is 0 Å². The molecule has 4 nitrogen and oxygen atoms in total. The summed E-state index contributed by atoms with van der Waals surface area (Å²) in [4.78, 5) is 13.8. The number of carboxylic acid groups (broad SMARTS) is 1. The molecule has 1 heterocycles. The van der Waals surface area contributed by atoms with E-state index in [1.165, 1.54) is 56.9 Å². The van der Waals surface area contributed by atoms with Crippen molar-refractivity contribution in [2.24, 2.45) is 17.3 Å². The molecule has 2 saturated carbocycles. The van der Waals surface area contributed by atoms with Gasteiger partial charge >= 0.3 is 5.97 Å². The highest BCUT2D eigenvalue weighted by Crippen LogP contribution is 2.40. The normalized spacial score (nSPS) is 30.7. The molecule has 0 radical (unpaired) electrons. The Kier molecular flexibility index (Phi) is 7.49. The zero-order chi connectivity index (χ0) is 22.7. The average Bonchev–Trinajstić information content (AvgIpc) is 2.79. The Labute approximate surface area is 194 Å². The predicted octanol–water partition coefficient (Wildman–Crippen LogP) is 6.49. The van der Waals surface area contributed by atoms with Gasteiger partial charge in [0.05, 0.1) is 12.0 Å². The monoisotopic (exact) mass is 441 g/mol. The molecule has 2 unspecified atom stereocenters. The van der Waals surface area contributed by atoms with E-state index in [2.05, 4.69) is 49.9 Å². The van der Waals surface area contributed by atoms with Gasteiger partial charge in [-0.15, -0.1) is 0 Å². The number of aliphatic carboxylic acids is 1. The average molecular weight is 442 g/mol. The summed E-state index contributed by atoms with van der Waals surface area (Å²) < 4.78 is 6.35. The van der Waals surface area contributed by atoms with Crippen LogP contribution in [-0.2, 0) is 4.79 Å². The molecule has 1 aliphatic heterocycles. The van der Waals surface area contributed by atoms with Gasteiger partial charge < -0.3 is 14.7 Å². The zero-order valence-corrected chi connectivity index (χ0v) is 20.4. The van der Waals surface area contributed by atoms with Crippen LogP contribution in [0.2, 0.25) is 0 Å². The molecule has 2 aliphatic carbocycles. The first kappa shape index (κ1) is 23.6. The largest absolute Gasteiger partial charge is 0.490 e. The van der Waals surface area contributed by atoms with Crippen molar-refractivity contribution in [3.63, 3.8) is 0 Å². The Morgan fingerprint density at radius 2 is 1.59 bits per heavy atom. The van der Waals surface area contributed by atoms with E-state index in [-0.39, 0.29) is 5.92 Å². The number of ether oxygens (including phenoxy) is 1. The van der Waals surface area contributed by atoms with Gasteiger partial charge in [-0.05, 0) is 106 Å². The SMILES string of the molecule is CC(C)(C)[C@H]1CC[C@H](Oc2ccc(C3CCCC(N4CCC(C(=O)O)CC4)C3)cc2)CC1. The number of carbonyl (C=O) groups is 1. The molecule has 1 aromatic carbocycles. The lowest BCUT2D eigenvalue weighted by Gasteiger charge is -2.40. The second-order valence-electron chi connectivity index (χ2n) is 11.7. The summed E-state index contributed by atoms with van der Waals surface area (Å²) >= 11 is 0. The van der Waals surface area contributed by atoms with Crippen LogP contribution in [0.15, 0.2) is 24.3 Å². The molecule has 3 aliphatic rings. The van der Waals surface area contributed by atoms with Crippen molar-refractivity contribution >= 4 is 5.97 Å². The van der Waals surface area contributed by atoms with E-state index < -0.39 is 5.97 Å². The summed E-state index contributed by atoms with van der Waals surface area (Å²) in [5, 5.41) is 9.27. The van der Waals surface area contributed by atoms with E-state index in [0.717, 1.165) is 37.6 Å². The van der Waals surface area contributed by atoms with E-state index in [1.807, 2.05) is 0 Å². The van der Waals surface area contributed by atoms with Crippen molar-refractivity contribution in [1.29, 1.82) is 0 Å². The molecule has 2 atom stereocenters. The van der Waals surface area contributed by atoms with Crippen LogP contribution in [0.25, 0.3) is 0 Å².